The van der Waals surface area contributed by atoms with E-state index in [4.69, 9.17) is 4.52 Å². The molecule has 0 spiro atoms. The molecule has 1 atom stereocenters. The smallest absolute Gasteiger partial charge is 0.259 e. The summed E-state index contributed by atoms with van der Waals surface area (Å²) < 4.78 is 5.24. The molecular formula is C17H30N4O2. The van der Waals surface area contributed by atoms with Gasteiger partial charge in [0.25, 0.3) is 5.91 Å². The van der Waals surface area contributed by atoms with Crippen LogP contribution in [0.2, 0.25) is 0 Å². The minimum Gasteiger partial charge on any atom is -0.361 e. The normalized spacial score (nSPS) is 18.9. The van der Waals surface area contributed by atoms with Crippen molar-refractivity contribution in [1.82, 2.24) is 19.9 Å². The minimum atomic E-state index is 0.0698. The van der Waals surface area contributed by atoms with Crippen molar-refractivity contribution in [2.75, 3.05) is 47.3 Å². The second-order valence-electron chi connectivity index (χ2n) is 6.74. The summed E-state index contributed by atoms with van der Waals surface area (Å²) in [5, 5.41) is 3.82. The van der Waals surface area contributed by atoms with E-state index in [1.165, 1.54) is 0 Å². The van der Waals surface area contributed by atoms with Crippen molar-refractivity contribution in [3.05, 3.63) is 17.5 Å². The van der Waals surface area contributed by atoms with Crippen LogP contribution in [0.5, 0.6) is 0 Å². The summed E-state index contributed by atoms with van der Waals surface area (Å²) in [6.45, 7) is 5.75. The largest absolute Gasteiger partial charge is 0.361 e. The third-order valence-electron chi connectivity index (χ3n) is 4.56. The molecule has 6 nitrogen and oxygen atoms in total. The molecule has 1 saturated heterocycles. The molecule has 23 heavy (non-hydrogen) atoms. The fourth-order valence-corrected chi connectivity index (χ4v) is 3.06. The first-order chi connectivity index (χ1) is 11.0. The number of rotatable bonds is 7. The molecule has 0 N–H and O–H groups in total. The first-order valence-corrected chi connectivity index (χ1v) is 8.60. The van der Waals surface area contributed by atoms with E-state index in [1.807, 2.05) is 4.90 Å². The number of aromatic nitrogens is 1. The Morgan fingerprint density at radius 3 is 2.87 bits per heavy atom. The van der Waals surface area contributed by atoms with Crippen LogP contribution in [0.1, 0.15) is 42.3 Å². The quantitative estimate of drug-likeness (QED) is 0.765. The highest BCUT2D eigenvalue weighted by Gasteiger charge is 2.29. The lowest BCUT2D eigenvalue weighted by molar-refractivity contribution is 0.0601. The van der Waals surface area contributed by atoms with Crippen LogP contribution >= 0.6 is 0 Å². The van der Waals surface area contributed by atoms with Crippen LogP contribution in [0.4, 0.5) is 0 Å². The Morgan fingerprint density at radius 2 is 2.17 bits per heavy atom. The maximum atomic E-state index is 12.8. The zero-order chi connectivity index (χ0) is 16.8. The zero-order valence-corrected chi connectivity index (χ0v) is 14.9. The van der Waals surface area contributed by atoms with Crippen molar-refractivity contribution in [3.63, 3.8) is 0 Å². The number of amides is 1. The average molecular weight is 322 g/mol. The van der Waals surface area contributed by atoms with Gasteiger partial charge in [-0.3, -0.25) is 4.79 Å². The van der Waals surface area contributed by atoms with Gasteiger partial charge in [-0.1, -0.05) is 12.1 Å². The van der Waals surface area contributed by atoms with E-state index in [2.05, 4.69) is 43.0 Å². The van der Waals surface area contributed by atoms with Gasteiger partial charge in [-0.15, -0.1) is 0 Å². The first-order valence-electron chi connectivity index (χ1n) is 8.60. The molecule has 1 aromatic heterocycles. The van der Waals surface area contributed by atoms with Crippen LogP contribution in [0.15, 0.2) is 10.7 Å². The molecule has 0 aliphatic carbocycles. The molecule has 2 heterocycles. The van der Waals surface area contributed by atoms with Gasteiger partial charge in [-0.05, 0) is 40.4 Å². The third-order valence-corrected chi connectivity index (χ3v) is 4.56. The number of hydrogen-bond acceptors (Lipinski definition) is 5. The Kier molecular flexibility index (Phi) is 6.59. The van der Waals surface area contributed by atoms with Crippen molar-refractivity contribution in [3.8, 4) is 0 Å². The summed E-state index contributed by atoms with van der Waals surface area (Å²) in [6.07, 6.45) is 5.50. The molecule has 6 heteroatoms. The predicted octanol–water partition coefficient (Wildman–Crippen LogP) is 1.73. The lowest BCUT2D eigenvalue weighted by atomic mass is 10.0. The molecule has 1 aliphatic rings. The number of carbonyl (C=O) groups excluding carboxylic acids is 1. The van der Waals surface area contributed by atoms with E-state index < -0.39 is 0 Å². The SMILES string of the molecule is CCCc1oncc1C(=O)N1CCC[C@@H](N(C)CCN(C)C)C1. The summed E-state index contributed by atoms with van der Waals surface area (Å²) in [4.78, 5) is 19.3. The fraction of sp³-hybridized carbons (Fsp3) is 0.765. The number of carbonyl (C=O) groups is 1. The topological polar surface area (TPSA) is 52.8 Å². The summed E-state index contributed by atoms with van der Waals surface area (Å²) in [7, 11) is 6.33. The second-order valence-corrected chi connectivity index (χ2v) is 6.74. The summed E-state index contributed by atoms with van der Waals surface area (Å²) in [5.74, 6) is 0.793. The van der Waals surface area contributed by atoms with Gasteiger partial charge in [-0.2, -0.15) is 0 Å². The lowest BCUT2D eigenvalue weighted by Gasteiger charge is -2.38. The molecular weight excluding hydrogens is 292 g/mol. The molecule has 1 amide bonds. The van der Waals surface area contributed by atoms with Gasteiger partial charge in [0.1, 0.15) is 11.3 Å². The Bertz CT molecular complexity index is 501. The van der Waals surface area contributed by atoms with Crippen molar-refractivity contribution in [2.24, 2.45) is 0 Å². The van der Waals surface area contributed by atoms with Gasteiger partial charge in [0.2, 0.25) is 0 Å². The number of likely N-dealkylation sites (N-methyl/N-ethyl adjacent to an activating group) is 2. The summed E-state index contributed by atoms with van der Waals surface area (Å²) >= 11 is 0. The molecule has 1 aromatic rings. The highest BCUT2D eigenvalue weighted by atomic mass is 16.5. The van der Waals surface area contributed by atoms with Crippen LogP contribution < -0.4 is 0 Å². The number of likely N-dealkylation sites (tertiary alicyclic amines) is 1. The molecule has 0 radical (unpaired) electrons. The van der Waals surface area contributed by atoms with Gasteiger partial charge in [0.05, 0.1) is 6.20 Å². The number of piperidine rings is 1. The van der Waals surface area contributed by atoms with Crippen molar-refractivity contribution in [1.29, 1.82) is 0 Å². The number of hydrogen-bond donors (Lipinski definition) is 0. The number of aryl methyl sites for hydroxylation is 1. The monoisotopic (exact) mass is 322 g/mol. The molecule has 0 unspecified atom stereocenters. The second kappa shape index (κ2) is 8.45. The molecule has 1 aliphatic heterocycles. The van der Waals surface area contributed by atoms with Crippen molar-refractivity contribution < 1.29 is 9.32 Å². The maximum absolute atomic E-state index is 12.8. The predicted molar refractivity (Wildman–Crippen MR) is 90.6 cm³/mol. The first kappa shape index (κ1) is 17.9. The van der Waals surface area contributed by atoms with Crippen LogP contribution in [-0.2, 0) is 6.42 Å². The standard InChI is InChI=1S/C17H30N4O2/c1-5-7-16-15(12-18-23-16)17(22)21-9-6-8-14(13-21)20(4)11-10-19(2)3/h12,14H,5-11,13H2,1-4H3/t14-/m1/s1. The molecule has 0 aromatic carbocycles. The Labute approximate surface area is 139 Å². The fourth-order valence-electron chi connectivity index (χ4n) is 3.06. The van der Waals surface area contributed by atoms with Gasteiger partial charge < -0.3 is 19.2 Å². The molecule has 0 saturated carbocycles. The van der Waals surface area contributed by atoms with E-state index in [9.17, 15) is 4.79 Å². The van der Waals surface area contributed by atoms with Crippen LogP contribution in [0.3, 0.4) is 0 Å². The van der Waals surface area contributed by atoms with Crippen molar-refractivity contribution >= 4 is 5.91 Å². The van der Waals surface area contributed by atoms with Crippen molar-refractivity contribution in [2.45, 2.75) is 38.6 Å². The average Bonchev–Trinajstić information content (AvgIpc) is 3.00. The van der Waals surface area contributed by atoms with E-state index in [-0.39, 0.29) is 5.91 Å². The van der Waals surface area contributed by atoms with E-state index in [0.717, 1.165) is 57.6 Å². The third kappa shape index (κ3) is 4.78. The van der Waals surface area contributed by atoms with Gasteiger partial charge in [0.15, 0.2) is 0 Å². The molecule has 2 rings (SSSR count). The van der Waals surface area contributed by atoms with E-state index >= 15 is 0 Å². The van der Waals surface area contributed by atoms with Crippen LogP contribution in [0, 0.1) is 0 Å². The summed E-state index contributed by atoms with van der Waals surface area (Å²) in [6, 6.07) is 0.433. The molecule has 0 bridgehead atoms. The van der Waals surface area contributed by atoms with Gasteiger partial charge in [-0.25, -0.2) is 0 Å². The summed E-state index contributed by atoms with van der Waals surface area (Å²) in [5.41, 5.74) is 0.642. The number of nitrogens with zero attached hydrogens (tertiary/aromatic N) is 4. The van der Waals surface area contributed by atoms with E-state index in [0.29, 0.717) is 11.6 Å². The van der Waals surface area contributed by atoms with Gasteiger partial charge in [0, 0.05) is 38.6 Å². The Balaban J connectivity index is 1.97. The van der Waals surface area contributed by atoms with Crippen LogP contribution in [-0.4, -0.2) is 79.1 Å². The molecule has 130 valence electrons. The Morgan fingerprint density at radius 1 is 1.39 bits per heavy atom. The highest BCUT2D eigenvalue weighted by molar-refractivity contribution is 5.95. The molecule has 1 fully saturated rings. The maximum Gasteiger partial charge on any atom is 0.259 e. The van der Waals surface area contributed by atoms with Crippen LogP contribution in [0.25, 0.3) is 0 Å². The van der Waals surface area contributed by atoms with Gasteiger partial charge >= 0.3 is 0 Å². The zero-order valence-electron chi connectivity index (χ0n) is 14.9. The van der Waals surface area contributed by atoms with E-state index in [1.54, 1.807) is 6.20 Å². The minimum absolute atomic E-state index is 0.0698. The highest BCUT2D eigenvalue weighted by Crippen LogP contribution is 2.19. The Hall–Kier alpha value is -1.40. The lowest BCUT2D eigenvalue weighted by Crippen LogP contribution is -2.49.